The molecule has 2 aromatic rings. The second kappa shape index (κ2) is 12.9. The van der Waals surface area contributed by atoms with Crippen LogP contribution in [0.3, 0.4) is 0 Å². The number of hydrogen-bond acceptors (Lipinski definition) is 6. The SMILES string of the molecule is CC(=NNC(=O)CCCCCCC(=O)NN=C(C)c1ccc(O)cc1)c1ccc(O)cc1. The molecule has 0 spiro atoms. The number of rotatable bonds is 11. The Morgan fingerprint density at radius 3 is 1.34 bits per heavy atom. The van der Waals surface area contributed by atoms with Crippen molar-refractivity contribution in [2.45, 2.75) is 52.4 Å². The van der Waals surface area contributed by atoms with Gasteiger partial charge in [-0.3, -0.25) is 9.59 Å². The van der Waals surface area contributed by atoms with Crippen molar-refractivity contribution < 1.29 is 19.8 Å². The zero-order chi connectivity index (χ0) is 23.3. The first-order chi connectivity index (χ1) is 15.3. The highest BCUT2D eigenvalue weighted by atomic mass is 16.3. The maximum Gasteiger partial charge on any atom is 0.240 e. The fourth-order valence-electron chi connectivity index (χ4n) is 2.86. The molecule has 0 heterocycles. The zero-order valence-electron chi connectivity index (χ0n) is 18.5. The first-order valence-electron chi connectivity index (χ1n) is 10.6. The summed E-state index contributed by atoms with van der Waals surface area (Å²) in [6.45, 7) is 3.57. The Kier molecular flexibility index (Phi) is 9.90. The highest BCUT2D eigenvalue weighted by molar-refractivity contribution is 5.99. The van der Waals surface area contributed by atoms with Gasteiger partial charge in [-0.25, -0.2) is 10.9 Å². The number of phenolic OH excluding ortho intramolecular Hbond substituents is 2. The lowest BCUT2D eigenvalue weighted by Crippen LogP contribution is -2.19. The van der Waals surface area contributed by atoms with Gasteiger partial charge in [-0.2, -0.15) is 10.2 Å². The number of aromatic hydroxyl groups is 2. The summed E-state index contributed by atoms with van der Waals surface area (Å²) in [6.07, 6.45) is 3.87. The standard InChI is InChI=1S/C24H30N4O4/c1-17(19-9-13-21(29)14-10-19)25-27-23(31)7-5-3-4-6-8-24(32)28-26-18(2)20-11-15-22(30)16-12-20/h9-16,29-30H,3-8H2,1-2H3,(H,27,31)(H,28,32). The second-order valence-electron chi connectivity index (χ2n) is 7.47. The van der Waals surface area contributed by atoms with Gasteiger partial charge in [0.1, 0.15) is 11.5 Å². The van der Waals surface area contributed by atoms with Crippen LogP contribution in [0.15, 0.2) is 58.7 Å². The number of hydrogen-bond donors (Lipinski definition) is 4. The molecule has 4 N–H and O–H groups in total. The van der Waals surface area contributed by atoms with Crippen LogP contribution in [-0.2, 0) is 9.59 Å². The number of nitrogens with one attached hydrogen (secondary N) is 2. The maximum absolute atomic E-state index is 11.9. The molecular formula is C24H30N4O4. The van der Waals surface area contributed by atoms with E-state index in [1.54, 1.807) is 62.4 Å². The van der Waals surface area contributed by atoms with Crippen molar-refractivity contribution in [3.63, 3.8) is 0 Å². The summed E-state index contributed by atoms with van der Waals surface area (Å²) < 4.78 is 0. The molecule has 0 atom stereocenters. The van der Waals surface area contributed by atoms with E-state index in [0.717, 1.165) is 36.8 Å². The summed E-state index contributed by atoms with van der Waals surface area (Å²) in [6, 6.07) is 13.2. The third-order valence-electron chi connectivity index (χ3n) is 4.82. The van der Waals surface area contributed by atoms with E-state index in [2.05, 4.69) is 21.1 Å². The molecule has 0 aliphatic heterocycles. The Balaban J connectivity index is 1.57. The van der Waals surface area contributed by atoms with Crippen molar-refractivity contribution in [1.82, 2.24) is 10.9 Å². The number of unbranched alkanes of at least 4 members (excludes halogenated alkanes) is 3. The summed E-state index contributed by atoms with van der Waals surface area (Å²) in [5, 5.41) is 26.8. The van der Waals surface area contributed by atoms with E-state index in [-0.39, 0.29) is 23.3 Å². The van der Waals surface area contributed by atoms with Crippen molar-refractivity contribution in [3.05, 3.63) is 59.7 Å². The molecule has 170 valence electrons. The molecule has 0 aliphatic rings. The largest absolute Gasteiger partial charge is 0.508 e. The van der Waals surface area contributed by atoms with E-state index >= 15 is 0 Å². The molecule has 0 fully saturated rings. The summed E-state index contributed by atoms with van der Waals surface area (Å²) in [7, 11) is 0. The zero-order valence-corrected chi connectivity index (χ0v) is 18.5. The Labute approximate surface area is 188 Å². The van der Waals surface area contributed by atoms with Gasteiger partial charge < -0.3 is 10.2 Å². The molecule has 0 aliphatic carbocycles. The minimum atomic E-state index is -0.153. The van der Waals surface area contributed by atoms with E-state index < -0.39 is 0 Å². The molecule has 8 nitrogen and oxygen atoms in total. The Morgan fingerprint density at radius 1 is 0.656 bits per heavy atom. The molecule has 0 aromatic heterocycles. The number of benzene rings is 2. The lowest BCUT2D eigenvalue weighted by molar-refractivity contribution is -0.122. The van der Waals surface area contributed by atoms with Crippen LogP contribution in [0.5, 0.6) is 11.5 Å². The molecule has 0 bridgehead atoms. The number of carbonyl (C=O) groups is 2. The second-order valence-corrected chi connectivity index (χ2v) is 7.47. The predicted octanol–water partition coefficient (Wildman–Crippen LogP) is 3.82. The number of hydrazone groups is 2. The molecule has 32 heavy (non-hydrogen) atoms. The average molecular weight is 439 g/mol. The van der Waals surface area contributed by atoms with Crippen molar-refractivity contribution >= 4 is 23.2 Å². The smallest absolute Gasteiger partial charge is 0.240 e. The maximum atomic E-state index is 11.9. The van der Waals surface area contributed by atoms with Crippen LogP contribution in [0.4, 0.5) is 0 Å². The predicted molar refractivity (Wildman–Crippen MR) is 125 cm³/mol. The molecule has 0 unspecified atom stereocenters. The minimum Gasteiger partial charge on any atom is -0.508 e. The number of amides is 2. The van der Waals surface area contributed by atoms with Crippen LogP contribution in [0.1, 0.15) is 63.5 Å². The van der Waals surface area contributed by atoms with E-state index in [9.17, 15) is 19.8 Å². The third-order valence-corrected chi connectivity index (χ3v) is 4.82. The fourth-order valence-corrected chi connectivity index (χ4v) is 2.86. The van der Waals surface area contributed by atoms with Gasteiger partial charge in [-0.15, -0.1) is 0 Å². The molecule has 0 radical (unpaired) electrons. The van der Waals surface area contributed by atoms with Gasteiger partial charge >= 0.3 is 0 Å². The number of carbonyl (C=O) groups excluding carboxylic acids is 2. The van der Waals surface area contributed by atoms with Gasteiger partial charge in [0.25, 0.3) is 0 Å². The van der Waals surface area contributed by atoms with Crippen LogP contribution in [0.2, 0.25) is 0 Å². The monoisotopic (exact) mass is 438 g/mol. The van der Waals surface area contributed by atoms with Gasteiger partial charge in [-0.05, 0) is 86.3 Å². The first kappa shape index (κ1) is 24.6. The topological polar surface area (TPSA) is 123 Å². The van der Waals surface area contributed by atoms with Gasteiger partial charge in [0.15, 0.2) is 0 Å². The van der Waals surface area contributed by atoms with Crippen molar-refractivity contribution in [3.8, 4) is 11.5 Å². The van der Waals surface area contributed by atoms with E-state index in [1.807, 2.05) is 0 Å². The summed E-state index contributed by atoms with van der Waals surface area (Å²) >= 11 is 0. The molecule has 2 aromatic carbocycles. The van der Waals surface area contributed by atoms with Crippen molar-refractivity contribution in [2.75, 3.05) is 0 Å². The molecule has 2 rings (SSSR count). The van der Waals surface area contributed by atoms with Gasteiger partial charge in [-0.1, -0.05) is 12.8 Å². The van der Waals surface area contributed by atoms with Crippen LogP contribution >= 0.6 is 0 Å². The van der Waals surface area contributed by atoms with E-state index in [4.69, 9.17) is 0 Å². The third kappa shape index (κ3) is 8.99. The summed E-state index contributed by atoms with van der Waals surface area (Å²) in [4.78, 5) is 23.8. The normalized spacial score (nSPS) is 11.8. The first-order valence-corrected chi connectivity index (χ1v) is 10.6. The van der Waals surface area contributed by atoms with Crippen LogP contribution < -0.4 is 10.9 Å². The molecule has 8 heteroatoms. The molecular weight excluding hydrogens is 408 g/mol. The van der Waals surface area contributed by atoms with Gasteiger partial charge in [0, 0.05) is 12.8 Å². The highest BCUT2D eigenvalue weighted by Crippen LogP contribution is 2.11. The molecule has 0 saturated heterocycles. The summed E-state index contributed by atoms with van der Waals surface area (Å²) in [5.41, 5.74) is 8.05. The van der Waals surface area contributed by atoms with Crippen molar-refractivity contribution in [1.29, 1.82) is 0 Å². The average Bonchev–Trinajstić information content (AvgIpc) is 2.79. The Hall–Kier alpha value is -3.68. The fraction of sp³-hybridized carbons (Fsp3) is 0.333. The van der Waals surface area contributed by atoms with Gasteiger partial charge in [0.05, 0.1) is 11.4 Å². The Morgan fingerprint density at radius 2 is 1.00 bits per heavy atom. The summed E-state index contributed by atoms with van der Waals surface area (Å²) in [5.74, 6) is 0.0554. The van der Waals surface area contributed by atoms with E-state index in [1.165, 1.54) is 0 Å². The quantitative estimate of drug-likeness (QED) is 0.242. The van der Waals surface area contributed by atoms with Crippen LogP contribution in [0, 0.1) is 0 Å². The Bertz CT molecular complexity index is 871. The highest BCUT2D eigenvalue weighted by Gasteiger charge is 2.04. The van der Waals surface area contributed by atoms with E-state index in [0.29, 0.717) is 24.3 Å². The van der Waals surface area contributed by atoms with Crippen LogP contribution in [0.25, 0.3) is 0 Å². The van der Waals surface area contributed by atoms with Crippen LogP contribution in [-0.4, -0.2) is 33.5 Å². The number of nitrogens with zero attached hydrogens (tertiary/aromatic N) is 2. The molecule has 0 saturated carbocycles. The van der Waals surface area contributed by atoms with Gasteiger partial charge in [0.2, 0.25) is 11.8 Å². The lowest BCUT2D eigenvalue weighted by Gasteiger charge is -2.04. The number of phenols is 2. The minimum absolute atomic E-state index is 0.153. The molecule has 2 amide bonds. The van der Waals surface area contributed by atoms with Crippen molar-refractivity contribution in [2.24, 2.45) is 10.2 Å². The lowest BCUT2D eigenvalue weighted by atomic mass is 10.1.